The third-order valence-corrected chi connectivity index (χ3v) is 7.06. The highest BCUT2D eigenvalue weighted by Crippen LogP contribution is 2.29. The first-order chi connectivity index (χ1) is 16.5. The molecule has 0 saturated heterocycles. The van der Waals surface area contributed by atoms with E-state index in [1.807, 2.05) is 25.1 Å². The summed E-state index contributed by atoms with van der Waals surface area (Å²) in [5.41, 5.74) is 2.60. The molecule has 0 radical (unpaired) electrons. The van der Waals surface area contributed by atoms with E-state index in [4.69, 9.17) is 9.72 Å². The van der Waals surface area contributed by atoms with Crippen LogP contribution in [0.4, 0.5) is 5.13 Å². The highest BCUT2D eigenvalue weighted by atomic mass is 32.2. The van der Waals surface area contributed by atoms with Crippen LogP contribution in [0.1, 0.15) is 38.6 Å². The number of aromatic nitrogens is 6. The lowest BCUT2D eigenvalue weighted by Crippen LogP contribution is -2.24. The number of fused-ring (bicyclic) bond motifs is 3. The first-order valence-electron chi connectivity index (χ1n) is 11.1. The first-order valence-corrected chi connectivity index (χ1v) is 12.8. The number of carbonyl (C=O) groups is 2. The molecule has 0 saturated carbocycles. The summed E-state index contributed by atoms with van der Waals surface area (Å²) in [4.78, 5) is 29.3. The lowest BCUT2D eigenvalue weighted by atomic mass is 10.2. The van der Waals surface area contributed by atoms with Crippen LogP contribution in [-0.4, -0.2) is 53.7 Å². The summed E-state index contributed by atoms with van der Waals surface area (Å²) in [5.74, 6) is -0.608. The van der Waals surface area contributed by atoms with E-state index >= 15 is 0 Å². The maximum Gasteiger partial charge on any atom is 0.312 e. The third kappa shape index (κ3) is 5.17. The van der Waals surface area contributed by atoms with Gasteiger partial charge < -0.3 is 9.30 Å². The Labute approximate surface area is 204 Å². The van der Waals surface area contributed by atoms with Crippen LogP contribution in [-0.2, 0) is 27.3 Å². The lowest BCUT2D eigenvalue weighted by Gasteiger charge is -2.12. The van der Waals surface area contributed by atoms with E-state index in [9.17, 15) is 9.59 Å². The Morgan fingerprint density at radius 3 is 2.74 bits per heavy atom. The number of nitrogens with one attached hydrogen (secondary N) is 1. The minimum absolute atomic E-state index is 0.0264. The molecule has 4 aromatic rings. The van der Waals surface area contributed by atoms with Crippen molar-refractivity contribution < 1.29 is 14.3 Å². The zero-order valence-corrected chi connectivity index (χ0v) is 20.8. The molecule has 0 aliphatic heterocycles. The molecule has 178 valence electrons. The molecule has 0 unspecified atom stereocenters. The number of anilines is 1. The van der Waals surface area contributed by atoms with Crippen LogP contribution in [0.5, 0.6) is 0 Å². The van der Waals surface area contributed by atoms with Gasteiger partial charge in [0.15, 0.2) is 5.65 Å². The van der Waals surface area contributed by atoms with Crippen molar-refractivity contribution in [1.82, 2.24) is 29.9 Å². The highest BCUT2D eigenvalue weighted by molar-refractivity contribution is 8.00. The number of para-hydroxylation sites is 1. The maximum atomic E-state index is 12.9. The minimum atomic E-state index is -0.444. The fourth-order valence-corrected chi connectivity index (χ4v) is 5.08. The molecule has 0 spiro atoms. The molecule has 1 amide bonds. The van der Waals surface area contributed by atoms with Crippen molar-refractivity contribution in [1.29, 1.82) is 0 Å². The summed E-state index contributed by atoms with van der Waals surface area (Å²) in [6, 6.07) is 8.06. The standard InChI is InChI=1S/C22H25N7O3S2/c1-4-11-29-14-10-8-7-9-13(14)18-19(29)23-21(28-26-18)33-15(5-2)20(31)24-22-27-25-16(34-22)12-17(30)32-6-3/h7-10,15H,4-6,11-12H2,1-3H3,(H,24,27,31)/t15-/m0/s1. The monoisotopic (exact) mass is 499 g/mol. The second kappa shape index (κ2) is 10.9. The number of hydrogen-bond donors (Lipinski definition) is 1. The van der Waals surface area contributed by atoms with Gasteiger partial charge in [-0.3, -0.25) is 14.9 Å². The lowest BCUT2D eigenvalue weighted by molar-refractivity contribution is -0.142. The van der Waals surface area contributed by atoms with Crippen LogP contribution < -0.4 is 5.32 Å². The molecule has 34 heavy (non-hydrogen) atoms. The normalized spacial score (nSPS) is 12.2. The topological polar surface area (TPSA) is 125 Å². The summed E-state index contributed by atoms with van der Waals surface area (Å²) < 4.78 is 7.07. The molecule has 10 nitrogen and oxygen atoms in total. The third-order valence-electron chi connectivity index (χ3n) is 5.01. The van der Waals surface area contributed by atoms with E-state index in [2.05, 4.69) is 43.3 Å². The molecule has 3 heterocycles. The molecular formula is C22H25N7O3S2. The van der Waals surface area contributed by atoms with Gasteiger partial charge in [-0.1, -0.05) is 55.1 Å². The Hall–Kier alpha value is -3.12. The Morgan fingerprint density at radius 1 is 1.15 bits per heavy atom. The van der Waals surface area contributed by atoms with Crippen molar-refractivity contribution in [2.45, 2.75) is 57.0 Å². The molecular weight excluding hydrogens is 474 g/mol. The highest BCUT2D eigenvalue weighted by Gasteiger charge is 2.23. The molecule has 1 N–H and O–H groups in total. The molecule has 4 rings (SSSR count). The second-order valence-electron chi connectivity index (χ2n) is 7.42. The van der Waals surface area contributed by atoms with Crippen LogP contribution in [0, 0.1) is 0 Å². The molecule has 0 fully saturated rings. The number of carbonyl (C=O) groups excluding carboxylic acids is 2. The van der Waals surface area contributed by atoms with Gasteiger partial charge in [0.05, 0.1) is 23.8 Å². The van der Waals surface area contributed by atoms with Crippen LogP contribution in [0.3, 0.4) is 0 Å². The Morgan fingerprint density at radius 2 is 1.97 bits per heavy atom. The average Bonchev–Trinajstić information content (AvgIpc) is 3.39. The Kier molecular flexibility index (Phi) is 7.68. The van der Waals surface area contributed by atoms with Gasteiger partial charge in [-0.2, -0.15) is 0 Å². The van der Waals surface area contributed by atoms with Gasteiger partial charge in [-0.15, -0.1) is 20.4 Å². The van der Waals surface area contributed by atoms with Gasteiger partial charge in [0.1, 0.15) is 10.5 Å². The summed E-state index contributed by atoms with van der Waals surface area (Å²) in [6.07, 6.45) is 1.54. The molecule has 3 aromatic heterocycles. The summed E-state index contributed by atoms with van der Waals surface area (Å²) in [5, 5.41) is 21.3. The van der Waals surface area contributed by atoms with Crippen LogP contribution in [0.25, 0.3) is 22.1 Å². The summed E-state index contributed by atoms with van der Waals surface area (Å²) in [7, 11) is 0. The fourth-order valence-electron chi connectivity index (χ4n) is 3.54. The second-order valence-corrected chi connectivity index (χ2v) is 9.65. The van der Waals surface area contributed by atoms with Crippen LogP contribution in [0.2, 0.25) is 0 Å². The maximum absolute atomic E-state index is 12.9. The zero-order chi connectivity index (χ0) is 24.1. The van der Waals surface area contributed by atoms with E-state index < -0.39 is 5.25 Å². The number of rotatable bonds is 10. The van der Waals surface area contributed by atoms with Gasteiger partial charge in [-0.05, 0) is 25.8 Å². The SMILES string of the molecule is CCCn1c2ccccc2c2nnc(S[C@@H](CC)C(=O)Nc3nnc(CC(=O)OCC)s3)nc21. The van der Waals surface area contributed by atoms with E-state index in [-0.39, 0.29) is 18.3 Å². The van der Waals surface area contributed by atoms with Crippen molar-refractivity contribution in [3.63, 3.8) is 0 Å². The van der Waals surface area contributed by atoms with Crippen molar-refractivity contribution in [3.05, 3.63) is 29.3 Å². The average molecular weight is 500 g/mol. The van der Waals surface area contributed by atoms with E-state index in [0.717, 1.165) is 46.4 Å². The molecule has 0 aliphatic carbocycles. The van der Waals surface area contributed by atoms with Gasteiger partial charge in [0.2, 0.25) is 16.2 Å². The van der Waals surface area contributed by atoms with Crippen molar-refractivity contribution in [2.24, 2.45) is 0 Å². The van der Waals surface area contributed by atoms with E-state index in [1.54, 1.807) is 6.92 Å². The number of amides is 1. The molecule has 12 heteroatoms. The predicted octanol–water partition coefficient (Wildman–Crippen LogP) is 3.86. The fraction of sp³-hybridized carbons (Fsp3) is 0.409. The quantitative estimate of drug-likeness (QED) is 0.256. The minimum Gasteiger partial charge on any atom is -0.466 e. The van der Waals surface area contributed by atoms with E-state index in [0.29, 0.717) is 28.3 Å². The van der Waals surface area contributed by atoms with E-state index in [1.165, 1.54) is 11.8 Å². The van der Waals surface area contributed by atoms with Gasteiger partial charge >= 0.3 is 5.97 Å². The molecule has 0 aliphatic rings. The Bertz CT molecular complexity index is 1320. The van der Waals surface area contributed by atoms with Crippen molar-refractivity contribution >= 4 is 62.2 Å². The number of ether oxygens (including phenoxy) is 1. The molecule has 0 bridgehead atoms. The number of benzene rings is 1. The molecule has 1 atom stereocenters. The van der Waals surface area contributed by atoms with Crippen LogP contribution in [0.15, 0.2) is 29.4 Å². The molecule has 1 aromatic carbocycles. The smallest absolute Gasteiger partial charge is 0.312 e. The predicted molar refractivity (Wildman–Crippen MR) is 132 cm³/mol. The van der Waals surface area contributed by atoms with Gasteiger partial charge in [0.25, 0.3) is 0 Å². The number of hydrogen-bond acceptors (Lipinski definition) is 10. The summed E-state index contributed by atoms with van der Waals surface area (Å²) >= 11 is 2.41. The number of esters is 1. The Balaban J connectivity index is 1.50. The zero-order valence-electron chi connectivity index (χ0n) is 19.1. The summed E-state index contributed by atoms with van der Waals surface area (Å²) in [6.45, 7) is 6.90. The van der Waals surface area contributed by atoms with Crippen LogP contribution >= 0.6 is 23.1 Å². The van der Waals surface area contributed by atoms with Crippen molar-refractivity contribution in [3.8, 4) is 0 Å². The van der Waals surface area contributed by atoms with Gasteiger partial charge in [0, 0.05) is 11.9 Å². The van der Waals surface area contributed by atoms with Gasteiger partial charge in [-0.25, -0.2) is 4.98 Å². The number of thioether (sulfide) groups is 1. The largest absolute Gasteiger partial charge is 0.466 e. The first kappa shape index (κ1) is 24.0. The number of nitrogens with zero attached hydrogens (tertiary/aromatic N) is 6. The number of aryl methyl sites for hydroxylation is 1. The van der Waals surface area contributed by atoms with Crippen molar-refractivity contribution in [2.75, 3.05) is 11.9 Å².